The third-order valence-corrected chi connectivity index (χ3v) is 31.2. The van der Waals surface area contributed by atoms with Gasteiger partial charge in [0, 0.05) is 144 Å². The number of likely N-dealkylation sites (tertiary alicyclic amines) is 7. The van der Waals surface area contributed by atoms with Crippen molar-refractivity contribution < 1.29 is 42.5 Å². The van der Waals surface area contributed by atoms with Crippen LogP contribution in [0.25, 0.3) is 0 Å². The summed E-state index contributed by atoms with van der Waals surface area (Å²) in [5, 5.41) is 7.02. The van der Waals surface area contributed by atoms with E-state index in [1.807, 2.05) is 0 Å². The van der Waals surface area contributed by atoms with E-state index in [0.717, 1.165) is 121 Å². The minimum absolute atomic E-state index is 0. The fraction of sp³-hybridized carbons (Fsp3) is 0.918. The van der Waals surface area contributed by atoms with E-state index >= 15 is 0 Å². The van der Waals surface area contributed by atoms with E-state index in [1.54, 1.807) is 0 Å². The Morgan fingerprint density at radius 2 is 0.743 bits per heavy atom. The van der Waals surface area contributed by atoms with Gasteiger partial charge in [-0.1, -0.05) is 57.9 Å². The zero-order valence-electron chi connectivity index (χ0n) is 78.1. The van der Waals surface area contributed by atoms with Crippen LogP contribution in [0.1, 0.15) is 384 Å². The van der Waals surface area contributed by atoms with Crippen LogP contribution in [0.15, 0.2) is 12.3 Å². The van der Waals surface area contributed by atoms with Gasteiger partial charge in [0.1, 0.15) is 6.73 Å². The second kappa shape index (κ2) is 36.4. The SMILES string of the molecule is C=C1N(C(C)(C)C)CCC12CCCC2.CC(C)(C)N1CC2(CC1=O)CC1CCC(C2)N1.CC(C)(C)N1CC2(CCC2)C1.CC(C)(C)N1CC2(CCC2)CC1=O.CC(C)(C)N1CCC2(CCC2)CC1.CC(C)(C)N1CCC2(CCNCC2)C1=O.CC(C)(C)N1CCCC2(CCCCC2)C1=O.[CH2-]CC1(C[CH2-])CN(C(C)(C)C)CO1.[V+2]. The Hall–Kier alpha value is -2.24. The Bertz CT molecular complexity index is 3070. The van der Waals surface area contributed by atoms with Crippen LogP contribution in [-0.2, 0) is 42.5 Å². The van der Waals surface area contributed by atoms with Crippen LogP contribution < -0.4 is 10.6 Å². The Labute approximate surface area is 707 Å². The second-order valence-corrected chi connectivity index (χ2v) is 47.8. The summed E-state index contributed by atoms with van der Waals surface area (Å²) < 4.78 is 5.78. The number of ether oxygens (including phenoxy) is 1. The number of carbonyl (C=O) groups excluding carboxylic acids is 4. The Balaban J connectivity index is 0.000000162. The topological polar surface area (TPSA) is 127 Å². The molecule has 113 heavy (non-hydrogen) atoms. The third-order valence-electron chi connectivity index (χ3n) is 31.2. The number of amides is 4. The molecule has 16 aliphatic rings. The minimum Gasteiger partial charge on any atom is -0.370 e. The molecule has 15 nitrogen and oxygen atoms in total. The third kappa shape index (κ3) is 23.3. The Morgan fingerprint density at radius 1 is 0.363 bits per heavy atom. The van der Waals surface area contributed by atoms with Crippen LogP contribution in [0.5, 0.6) is 0 Å². The monoisotopic (exact) mass is 1610 g/mol. The molecule has 5 aliphatic carbocycles. The number of fused-ring (bicyclic) bond motifs is 2. The van der Waals surface area contributed by atoms with Gasteiger partial charge in [-0.25, -0.2) is 0 Å². The van der Waals surface area contributed by atoms with Crippen molar-refractivity contribution in [1.29, 1.82) is 0 Å². The number of rotatable bonds is 2. The van der Waals surface area contributed by atoms with Gasteiger partial charge in [0.05, 0.1) is 5.41 Å². The molecule has 11 aliphatic heterocycles. The average Bonchev–Trinajstić information content (AvgIpc) is 1.74. The minimum atomic E-state index is -0.0900. The molecule has 2 atom stereocenters. The van der Waals surface area contributed by atoms with Gasteiger partial charge in [0.25, 0.3) is 0 Å². The van der Waals surface area contributed by atoms with E-state index < -0.39 is 0 Å². The van der Waals surface area contributed by atoms with E-state index in [-0.39, 0.29) is 68.2 Å². The van der Waals surface area contributed by atoms with Gasteiger partial charge in [0.2, 0.25) is 23.6 Å². The van der Waals surface area contributed by atoms with Gasteiger partial charge in [-0.2, -0.15) is 12.8 Å². The number of allylic oxidation sites excluding steroid dienone is 1. The summed E-state index contributed by atoms with van der Waals surface area (Å²) in [5.74, 6) is 1.59. The van der Waals surface area contributed by atoms with Crippen molar-refractivity contribution in [3.8, 4) is 0 Å². The van der Waals surface area contributed by atoms with Crippen molar-refractivity contribution in [3.63, 3.8) is 0 Å². The average molecular weight is 1610 g/mol. The van der Waals surface area contributed by atoms with Crippen molar-refractivity contribution >= 4 is 23.6 Å². The maximum atomic E-state index is 12.7. The molecule has 7 spiro atoms. The number of hydrogen-bond donors (Lipinski definition) is 2. The van der Waals surface area contributed by atoms with Crippen molar-refractivity contribution in [1.82, 2.24) is 49.8 Å². The molecule has 16 fully saturated rings. The zero-order valence-corrected chi connectivity index (χ0v) is 79.5. The molecule has 16 rings (SSSR count). The molecular weight excluding hydrogens is 1440 g/mol. The number of nitrogens with one attached hydrogen (secondary N) is 2. The summed E-state index contributed by atoms with van der Waals surface area (Å²) >= 11 is 0. The second-order valence-electron chi connectivity index (χ2n) is 47.8. The summed E-state index contributed by atoms with van der Waals surface area (Å²) in [4.78, 5) is 67.6. The van der Waals surface area contributed by atoms with Crippen LogP contribution in [0, 0.1) is 51.8 Å². The van der Waals surface area contributed by atoms with Gasteiger partial charge < -0.3 is 53.7 Å². The molecule has 2 N–H and O–H groups in total. The van der Waals surface area contributed by atoms with E-state index in [0.29, 0.717) is 69.8 Å². The number of carbonyl (C=O) groups is 4. The molecule has 2 bridgehead atoms. The molecule has 1 radical (unpaired) electrons. The molecule has 2 unspecified atom stereocenters. The molecule has 0 aromatic carbocycles. The largest absolute Gasteiger partial charge is 2.00 e. The zero-order chi connectivity index (χ0) is 83.0. The van der Waals surface area contributed by atoms with E-state index in [4.69, 9.17) is 4.74 Å². The predicted molar refractivity (Wildman–Crippen MR) is 468 cm³/mol. The van der Waals surface area contributed by atoms with E-state index in [9.17, 15) is 19.2 Å². The molecule has 11 saturated heterocycles. The first-order chi connectivity index (χ1) is 51.7. The van der Waals surface area contributed by atoms with Crippen LogP contribution >= 0.6 is 0 Å². The van der Waals surface area contributed by atoms with Crippen molar-refractivity contribution in [2.75, 3.05) is 85.3 Å². The molecule has 0 aromatic heterocycles. The molecule has 4 amide bonds. The van der Waals surface area contributed by atoms with E-state index in [1.165, 1.54) is 193 Å². The number of nitrogens with zero attached hydrogens (tertiary/aromatic N) is 8. The number of hydrogen-bond acceptors (Lipinski definition) is 11. The summed E-state index contributed by atoms with van der Waals surface area (Å²) in [5.41, 5.74) is 5.43. The predicted octanol–water partition coefficient (Wildman–Crippen LogP) is 20.0. The van der Waals surface area contributed by atoms with Gasteiger partial charge in [-0.15, -0.1) is 0 Å². The fourth-order valence-electron chi connectivity index (χ4n) is 22.7. The number of piperidine rings is 4. The first-order valence-electron chi connectivity index (χ1n) is 46.3. The van der Waals surface area contributed by atoms with Crippen molar-refractivity contribution in [2.24, 2.45) is 37.9 Å². The molecule has 11 heterocycles. The molecule has 0 aromatic rings. The summed E-state index contributed by atoms with van der Waals surface area (Å²) in [6.07, 6.45) is 42.6. The van der Waals surface area contributed by atoms with Gasteiger partial charge >= 0.3 is 18.6 Å². The first kappa shape index (κ1) is 96.2. The van der Waals surface area contributed by atoms with Crippen LogP contribution in [0.3, 0.4) is 0 Å². The Kier molecular flexibility index (Phi) is 31.0. The smallest absolute Gasteiger partial charge is 0.370 e. The molecule has 5 saturated carbocycles. The van der Waals surface area contributed by atoms with Crippen molar-refractivity contribution in [3.05, 3.63) is 26.1 Å². The molecule has 649 valence electrons. The summed E-state index contributed by atoms with van der Waals surface area (Å²) in [6, 6.07) is 1.36. The maximum Gasteiger partial charge on any atom is 2.00 e. The van der Waals surface area contributed by atoms with Crippen LogP contribution in [-0.4, -0.2) is 210 Å². The molecule has 16 heteroatoms. The Morgan fingerprint density at radius 3 is 1.11 bits per heavy atom. The van der Waals surface area contributed by atoms with Gasteiger partial charge in [-0.05, 0) is 355 Å². The molecular formula is C97H176N10O5V. The van der Waals surface area contributed by atoms with E-state index in [2.05, 4.69) is 236 Å². The van der Waals surface area contributed by atoms with Gasteiger partial charge in [0.15, 0.2) is 0 Å². The normalized spacial score (nSPS) is 28.8. The van der Waals surface area contributed by atoms with Crippen LogP contribution in [0.4, 0.5) is 0 Å². The fourth-order valence-corrected chi connectivity index (χ4v) is 22.7. The van der Waals surface area contributed by atoms with Gasteiger partial charge in [-0.3, -0.25) is 33.9 Å². The summed E-state index contributed by atoms with van der Waals surface area (Å²) in [7, 11) is 0. The first-order valence-corrected chi connectivity index (χ1v) is 46.3. The standard InChI is InChI=1S/C14H24N2O.C14H25NO.C13H23N.C12H22N2O.C12H23N.C11H19NO.C11H21NO.C10H19N.V/c1-13(2,3)16-9-14(8-12(16)17)6-10-4-5-11(7-14)15-10;1-13(2,3)15-11-7-10-14(12(15)16)8-5-4-6-9-14;1-11-13(7-5-6-8-13)9-10-14(11)12(2,3)4;1-11(2,3)14-9-6-12(10(14)15)4-7-13-8-5-12;1-11(2,3)13-9-7-12(8-10-13)5-4-6-12;1-10(2,3)12-8-11(5-4-6-11)7-9(12)13;1-6-11(7-2)8-12(9-13-11)10(3,4)5;1-9(2,3)11-7-10(8-11)5-4-6-10;/h10-11,15H,4-9H2,1-3H3;4-11H2,1-3H3;1,5-10H2,2-4H3;13H,4-9H2,1-3H3;4-10H2,1-3H3;4-8H2,1-3H3;1-2,6-9H2,3-5H3;4-8H2,1-3H3;/q;;;;;;-2;;+2. The summed E-state index contributed by atoms with van der Waals surface area (Å²) in [6.45, 7) is 79.7. The maximum absolute atomic E-state index is 12.7. The van der Waals surface area contributed by atoms with Crippen LogP contribution in [0.2, 0.25) is 0 Å². The quantitative estimate of drug-likeness (QED) is 0.257. The van der Waals surface area contributed by atoms with Crippen molar-refractivity contribution in [2.45, 2.75) is 446 Å².